The summed E-state index contributed by atoms with van der Waals surface area (Å²) >= 11 is 0. The molecule has 0 bridgehead atoms. The summed E-state index contributed by atoms with van der Waals surface area (Å²) in [5.41, 5.74) is 0.905. The molecular weight excluding hydrogens is 162 g/mol. The molecule has 62 valence electrons. The zero-order valence-corrected chi connectivity index (χ0v) is 6.96. The van der Waals surface area contributed by atoms with Crippen molar-refractivity contribution in [2.24, 2.45) is 4.99 Å². The highest BCUT2D eigenvalue weighted by Gasteiger charge is 2.29. The van der Waals surface area contributed by atoms with Crippen molar-refractivity contribution in [3.63, 3.8) is 0 Å². The van der Waals surface area contributed by atoms with Gasteiger partial charge in [0.2, 0.25) is 6.34 Å². The Balaban J connectivity index is 2.52. The van der Waals surface area contributed by atoms with Gasteiger partial charge in [0.15, 0.2) is 5.69 Å². The van der Waals surface area contributed by atoms with Gasteiger partial charge in [-0.25, -0.2) is 4.99 Å². The predicted octanol–water partition coefficient (Wildman–Crippen LogP) is 1.99. The molecule has 1 aliphatic rings. The fourth-order valence-electron chi connectivity index (χ4n) is 1.27. The first-order valence-electron chi connectivity index (χ1n) is 3.95. The molecule has 13 heavy (non-hydrogen) atoms. The maximum atomic E-state index is 9.05. The van der Waals surface area contributed by atoms with Crippen molar-refractivity contribution in [3.05, 3.63) is 42.7 Å². The topological polar surface area (TPSA) is 36.1 Å². The van der Waals surface area contributed by atoms with Crippen LogP contribution in [0, 0.1) is 11.5 Å². The van der Waals surface area contributed by atoms with Gasteiger partial charge in [-0.05, 0) is 0 Å². The Morgan fingerprint density at radius 2 is 2.00 bits per heavy atom. The highest BCUT2D eigenvalue weighted by molar-refractivity contribution is 5.81. The fraction of sp³-hybridized carbons (Fsp3) is 0. The fourth-order valence-corrected chi connectivity index (χ4v) is 1.27. The van der Waals surface area contributed by atoms with Crippen LogP contribution in [0.3, 0.4) is 0 Å². The largest absolute Gasteiger partial charge is 0.325 e. The normalized spacial score (nSPS) is 24.5. The quantitative estimate of drug-likeness (QED) is 0.469. The minimum Gasteiger partial charge on any atom is -0.204 e. The van der Waals surface area contributed by atoms with Crippen molar-refractivity contribution in [2.45, 2.75) is 0 Å². The lowest BCUT2D eigenvalue weighted by Gasteiger charge is -2.14. The molecule has 3 nitrogen and oxygen atoms in total. The van der Waals surface area contributed by atoms with Crippen LogP contribution in [-0.2, 0) is 0 Å². The zero-order chi connectivity index (χ0) is 9.15. The van der Waals surface area contributed by atoms with Crippen LogP contribution in [0.15, 0.2) is 47.7 Å². The van der Waals surface area contributed by atoms with Crippen LogP contribution in [0.4, 0.5) is 5.69 Å². The standard InChI is InChI=1S/C10H8N3/c11-8-13(7-6-12-9-13)10-4-2-1-3-5-10/h1-7,9H/q+1. The van der Waals surface area contributed by atoms with E-state index in [1.54, 1.807) is 18.7 Å². The van der Waals surface area contributed by atoms with Crippen LogP contribution in [0.1, 0.15) is 0 Å². The Labute approximate surface area is 76.5 Å². The number of nitriles is 1. The average molecular weight is 170 g/mol. The Morgan fingerprint density at radius 1 is 1.23 bits per heavy atom. The van der Waals surface area contributed by atoms with E-state index in [1.165, 1.54) is 0 Å². The molecule has 1 atom stereocenters. The molecule has 0 fully saturated rings. The molecule has 0 aliphatic carbocycles. The van der Waals surface area contributed by atoms with E-state index in [0.717, 1.165) is 5.69 Å². The molecule has 0 saturated carbocycles. The summed E-state index contributed by atoms with van der Waals surface area (Å²) < 4.78 is 0.0425. The van der Waals surface area contributed by atoms with E-state index >= 15 is 0 Å². The second kappa shape index (κ2) is 2.85. The smallest absolute Gasteiger partial charge is 0.204 e. The third-order valence-corrected chi connectivity index (χ3v) is 1.99. The van der Waals surface area contributed by atoms with Gasteiger partial charge in [-0.1, -0.05) is 18.2 Å². The number of rotatable bonds is 1. The third-order valence-electron chi connectivity index (χ3n) is 1.99. The first kappa shape index (κ1) is 7.71. The highest BCUT2D eigenvalue weighted by atomic mass is 15.4. The van der Waals surface area contributed by atoms with Crippen LogP contribution in [0.2, 0.25) is 0 Å². The summed E-state index contributed by atoms with van der Waals surface area (Å²) in [6.45, 7) is 0. The van der Waals surface area contributed by atoms with Gasteiger partial charge in [-0.2, -0.15) is 0 Å². The number of nitrogens with zero attached hydrogens (tertiary/aromatic N) is 3. The molecule has 0 saturated heterocycles. The molecule has 1 aromatic carbocycles. The molecule has 1 unspecified atom stereocenters. The van der Waals surface area contributed by atoms with E-state index in [1.807, 2.05) is 30.3 Å². The van der Waals surface area contributed by atoms with Crippen molar-refractivity contribution in [1.29, 1.82) is 5.26 Å². The summed E-state index contributed by atoms with van der Waals surface area (Å²) in [7, 11) is 0. The van der Waals surface area contributed by atoms with Crippen molar-refractivity contribution in [3.8, 4) is 6.19 Å². The molecule has 0 N–H and O–H groups in total. The minimum atomic E-state index is 0.0425. The molecule has 1 heterocycles. The van der Waals surface area contributed by atoms with Crippen molar-refractivity contribution >= 4 is 12.0 Å². The monoisotopic (exact) mass is 170 g/mol. The van der Waals surface area contributed by atoms with Gasteiger partial charge in [-0.3, -0.25) is 0 Å². The molecule has 1 aromatic rings. The predicted molar refractivity (Wildman–Crippen MR) is 51.5 cm³/mol. The minimum absolute atomic E-state index is 0.0425. The van der Waals surface area contributed by atoms with Gasteiger partial charge in [0.05, 0.1) is 6.20 Å². The Kier molecular flexibility index (Phi) is 1.69. The molecule has 0 aromatic heterocycles. The molecule has 2 rings (SSSR count). The lowest BCUT2D eigenvalue weighted by atomic mass is 10.3. The van der Waals surface area contributed by atoms with Crippen molar-refractivity contribution in [2.75, 3.05) is 0 Å². The van der Waals surface area contributed by atoms with Gasteiger partial charge in [0, 0.05) is 12.1 Å². The average Bonchev–Trinajstić information content (AvgIpc) is 2.69. The lowest BCUT2D eigenvalue weighted by Crippen LogP contribution is -2.34. The van der Waals surface area contributed by atoms with Gasteiger partial charge < -0.3 is 0 Å². The van der Waals surface area contributed by atoms with Crippen LogP contribution >= 0.6 is 0 Å². The van der Waals surface area contributed by atoms with E-state index < -0.39 is 0 Å². The van der Waals surface area contributed by atoms with Crippen LogP contribution < -0.4 is 4.48 Å². The summed E-state index contributed by atoms with van der Waals surface area (Å²) in [5, 5.41) is 9.05. The molecule has 0 spiro atoms. The van der Waals surface area contributed by atoms with E-state index in [0.29, 0.717) is 0 Å². The number of aliphatic imine (C=N–C) groups is 1. The molecule has 0 radical (unpaired) electrons. The van der Waals surface area contributed by atoms with Crippen LogP contribution in [0.5, 0.6) is 0 Å². The van der Waals surface area contributed by atoms with E-state index in [9.17, 15) is 0 Å². The third kappa shape index (κ3) is 1.13. The van der Waals surface area contributed by atoms with Gasteiger partial charge in [-0.15, -0.1) is 9.74 Å². The molecule has 0 amide bonds. The highest BCUT2D eigenvalue weighted by Crippen LogP contribution is 2.22. The number of quaternary nitrogens is 1. The maximum Gasteiger partial charge on any atom is 0.325 e. The summed E-state index contributed by atoms with van der Waals surface area (Å²) in [6.07, 6.45) is 7.18. The number of hydrogen-bond acceptors (Lipinski definition) is 2. The van der Waals surface area contributed by atoms with Gasteiger partial charge in [0.25, 0.3) is 0 Å². The summed E-state index contributed by atoms with van der Waals surface area (Å²) in [5.74, 6) is 0. The van der Waals surface area contributed by atoms with Gasteiger partial charge in [0.1, 0.15) is 6.20 Å². The Morgan fingerprint density at radius 3 is 2.54 bits per heavy atom. The zero-order valence-electron chi connectivity index (χ0n) is 6.96. The number of para-hydroxylation sites is 1. The Bertz CT molecular complexity index is 386. The molecule has 3 heteroatoms. The second-order valence-electron chi connectivity index (χ2n) is 2.78. The van der Waals surface area contributed by atoms with Crippen molar-refractivity contribution < 1.29 is 0 Å². The summed E-state index contributed by atoms with van der Waals surface area (Å²) in [6, 6.07) is 9.56. The SMILES string of the molecule is N#C[N+]1(c2ccccc2)C=CN=C1. The van der Waals surface area contributed by atoms with Crippen molar-refractivity contribution in [1.82, 2.24) is 4.48 Å². The van der Waals surface area contributed by atoms with E-state index in [-0.39, 0.29) is 4.48 Å². The number of benzene rings is 1. The first-order chi connectivity index (χ1) is 6.37. The number of hydrogen-bond donors (Lipinski definition) is 0. The van der Waals surface area contributed by atoms with Crippen LogP contribution in [-0.4, -0.2) is 6.34 Å². The van der Waals surface area contributed by atoms with Crippen LogP contribution in [0.25, 0.3) is 0 Å². The Hall–Kier alpha value is -1.92. The maximum absolute atomic E-state index is 9.05. The van der Waals surface area contributed by atoms with Gasteiger partial charge >= 0.3 is 6.19 Å². The second-order valence-corrected chi connectivity index (χ2v) is 2.78. The lowest BCUT2D eigenvalue weighted by molar-refractivity contribution is 0.773. The molecular formula is C10H8N3+. The first-order valence-corrected chi connectivity index (χ1v) is 3.95. The summed E-state index contributed by atoms with van der Waals surface area (Å²) in [4.78, 5) is 3.93. The van der Waals surface area contributed by atoms with E-state index in [4.69, 9.17) is 5.26 Å². The van der Waals surface area contributed by atoms with E-state index in [2.05, 4.69) is 11.2 Å². The molecule has 1 aliphatic heterocycles.